The Morgan fingerprint density at radius 2 is 1.94 bits per heavy atom. The minimum Gasteiger partial charge on any atom is -0.342 e. The van der Waals surface area contributed by atoms with Gasteiger partial charge < -0.3 is 10.2 Å². The number of likely N-dealkylation sites (tertiary alicyclic amines) is 1. The molecule has 0 aromatic rings. The third-order valence-electron chi connectivity index (χ3n) is 4.11. The molecule has 2 rings (SSSR count). The van der Waals surface area contributed by atoms with E-state index in [0.717, 1.165) is 38.6 Å². The standard InChI is InChI=1S/C13H25N3O/c1-11-3-6-15(7-4-11)13(17)10-16-8-5-14-9-12(16)2/h11-12,14H,3-10H2,1-2H3/t12-/m1/s1. The maximum Gasteiger partial charge on any atom is 0.236 e. The lowest BCUT2D eigenvalue weighted by molar-refractivity contribution is -0.134. The van der Waals surface area contributed by atoms with E-state index < -0.39 is 0 Å². The molecule has 0 saturated carbocycles. The van der Waals surface area contributed by atoms with Gasteiger partial charge in [-0.3, -0.25) is 9.69 Å². The first kappa shape index (κ1) is 12.8. The van der Waals surface area contributed by atoms with Crippen LogP contribution in [0.2, 0.25) is 0 Å². The summed E-state index contributed by atoms with van der Waals surface area (Å²) in [4.78, 5) is 16.5. The molecule has 0 aliphatic carbocycles. The van der Waals surface area contributed by atoms with Crippen LogP contribution in [0.1, 0.15) is 26.7 Å². The average Bonchev–Trinajstić information content (AvgIpc) is 2.33. The van der Waals surface area contributed by atoms with E-state index in [0.29, 0.717) is 18.5 Å². The summed E-state index contributed by atoms with van der Waals surface area (Å²) in [7, 11) is 0. The van der Waals surface area contributed by atoms with Gasteiger partial charge in [0.05, 0.1) is 6.54 Å². The summed E-state index contributed by atoms with van der Waals surface area (Å²) in [5.41, 5.74) is 0. The lowest BCUT2D eigenvalue weighted by Gasteiger charge is -2.36. The summed E-state index contributed by atoms with van der Waals surface area (Å²) in [6.07, 6.45) is 2.34. The van der Waals surface area contributed by atoms with Crippen molar-refractivity contribution < 1.29 is 4.79 Å². The van der Waals surface area contributed by atoms with Crippen molar-refractivity contribution in [3.63, 3.8) is 0 Å². The van der Waals surface area contributed by atoms with Crippen molar-refractivity contribution in [2.24, 2.45) is 5.92 Å². The second-order valence-electron chi connectivity index (χ2n) is 5.59. The van der Waals surface area contributed by atoms with E-state index in [-0.39, 0.29) is 0 Å². The molecule has 2 fully saturated rings. The summed E-state index contributed by atoms with van der Waals surface area (Å²) in [6, 6.07) is 0.483. The van der Waals surface area contributed by atoms with Gasteiger partial charge in [0.2, 0.25) is 5.91 Å². The third kappa shape index (κ3) is 3.42. The van der Waals surface area contributed by atoms with Crippen molar-refractivity contribution in [3.05, 3.63) is 0 Å². The monoisotopic (exact) mass is 239 g/mol. The van der Waals surface area contributed by atoms with Crippen LogP contribution in [0.25, 0.3) is 0 Å². The summed E-state index contributed by atoms with van der Waals surface area (Å²) in [5, 5.41) is 3.36. The number of piperidine rings is 1. The van der Waals surface area contributed by atoms with Gasteiger partial charge in [-0.15, -0.1) is 0 Å². The van der Waals surface area contributed by atoms with Gasteiger partial charge in [0.1, 0.15) is 0 Å². The zero-order valence-corrected chi connectivity index (χ0v) is 11.1. The highest BCUT2D eigenvalue weighted by molar-refractivity contribution is 5.78. The molecule has 2 aliphatic rings. The third-order valence-corrected chi connectivity index (χ3v) is 4.11. The van der Waals surface area contributed by atoms with Gasteiger partial charge in [0.15, 0.2) is 0 Å². The molecule has 0 bridgehead atoms. The lowest BCUT2D eigenvalue weighted by atomic mass is 9.99. The minimum absolute atomic E-state index is 0.325. The van der Waals surface area contributed by atoms with Crippen molar-refractivity contribution in [1.82, 2.24) is 15.1 Å². The Labute approximate surface area is 104 Å². The van der Waals surface area contributed by atoms with Crippen molar-refractivity contribution >= 4 is 5.91 Å². The first-order valence-corrected chi connectivity index (χ1v) is 6.89. The van der Waals surface area contributed by atoms with Crippen molar-refractivity contribution in [2.45, 2.75) is 32.7 Å². The number of nitrogens with zero attached hydrogens (tertiary/aromatic N) is 2. The highest BCUT2D eigenvalue weighted by Gasteiger charge is 2.25. The SMILES string of the molecule is CC1CCN(C(=O)CN2CCNC[C@H]2C)CC1. The predicted octanol–water partition coefficient (Wildman–Crippen LogP) is 0.539. The van der Waals surface area contributed by atoms with Gasteiger partial charge in [-0.25, -0.2) is 0 Å². The van der Waals surface area contributed by atoms with Gasteiger partial charge >= 0.3 is 0 Å². The maximum absolute atomic E-state index is 12.2. The number of rotatable bonds is 2. The lowest BCUT2D eigenvalue weighted by Crippen LogP contribution is -2.53. The Morgan fingerprint density at radius 3 is 2.59 bits per heavy atom. The van der Waals surface area contributed by atoms with Crippen molar-refractivity contribution in [1.29, 1.82) is 0 Å². The molecule has 0 radical (unpaired) electrons. The van der Waals surface area contributed by atoms with E-state index in [4.69, 9.17) is 0 Å². The molecule has 4 nitrogen and oxygen atoms in total. The molecule has 0 aromatic carbocycles. The molecule has 1 atom stereocenters. The topological polar surface area (TPSA) is 35.6 Å². The van der Waals surface area contributed by atoms with Crippen LogP contribution >= 0.6 is 0 Å². The summed E-state index contributed by atoms with van der Waals surface area (Å²) in [5.74, 6) is 1.11. The smallest absolute Gasteiger partial charge is 0.236 e. The van der Waals surface area contributed by atoms with E-state index in [2.05, 4.69) is 29.0 Å². The van der Waals surface area contributed by atoms with Crippen LogP contribution in [0.5, 0.6) is 0 Å². The molecule has 0 aromatic heterocycles. The number of hydrogen-bond donors (Lipinski definition) is 1. The largest absolute Gasteiger partial charge is 0.342 e. The number of amides is 1. The molecule has 2 saturated heterocycles. The van der Waals surface area contributed by atoms with Crippen molar-refractivity contribution in [3.8, 4) is 0 Å². The van der Waals surface area contributed by atoms with Gasteiger partial charge in [-0.2, -0.15) is 0 Å². The quantitative estimate of drug-likeness (QED) is 0.764. The fourth-order valence-electron chi connectivity index (χ4n) is 2.65. The van der Waals surface area contributed by atoms with Gasteiger partial charge in [-0.05, 0) is 25.7 Å². The van der Waals surface area contributed by atoms with E-state index in [1.807, 2.05) is 0 Å². The Kier molecular flexibility index (Phi) is 4.40. The van der Waals surface area contributed by atoms with E-state index in [1.165, 1.54) is 12.8 Å². The van der Waals surface area contributed by atoms with Crippen LogP contribution in [0, 0.1) is 5.92 Å². The zero-order valence-electron chi connectivity index (χ0n) is 11.1. The molecule has 1 amide bonds. The predicted molar refractivity (Wildman–Crippen MR) is 68.9 cm³/mol. The molecule has 4 heteroatoms. The number of piperazine rings is 1. The summed E-state index contributed by atoms with van der Waals surface area (Å²) in [6.45, 7) is 10.0. The molecule has 1 N–H and O–H groups in total. The first-order valence-electron chi connectivity index (χ1n) is 6.89. The van der Waals surface area contributed by atoms with Crippen LogP contribution in [0.15, 0.2) is 0 Å². The molecule has 0 spiro atoms. The second-order valence-corrected chi connectivity index (χ2v) is 5.59. The fourth-order valence-corrected chi connectivity index (χ4v) is 2.65. The molecule has 2 aliphatic heterocycles. The van der Waals surface area contributed by atoms with Gasteiger partial charge in [-0.1, -0.05) is 6.92 Å². The molecule has 98 valence electrons. The summed E-state index contributed by atoms with van der Waals surface area (Å²) < 4.78 is 0. The Bertz CT molecular complexity index is 261. The van der Waals surface area contributed by atoms with Crippen LogP contribution in [-0.4, -0.2) is 61.0 Å². The second kappa shape index (κ2) is 5.83. The number of carbonyl (C=O) groups excluding carboxylic acids is 1. The first-order chi connectivity index (χ1) is 8.16. The Balaban J connectivity index is 1.79. The van der Waals surface area contributed by atoms with E-state index in [9.17, 15) is 4.79 Å². The fraction of sp³-hybridized carbons (Fsp3) is 0.923. The highest BCUT2D eigenvalue weighted by atomic mass is 16.2. The summed E-state index contributed by atoms with van der Waals surface area (Å²) >= 11 is 0. The van der Waals surface area contributed by atoms with Crippen LogP contribution in [0.4, 0.5) is 0 Å². The van der Waals surface area contributed by atoms with Crippen molar-refractivity contribution in [2.75, 3.05) is 39.3 Å². The maximum atomic E-state index is 12.2. The molecule has 2 heterocycles. The highest BCUT2D eigenvalue weighted by Crippen LogP contribution is 2.16. The van der Waals surface area contributed by atoms with Crippen LogP contribution < -0.4 is 5.32 Å². The number of carbonyl (C=O) groups is 1. The zero-order chi connectivity index (χ0) is 12.3. The van der Waals surface area contributed by atoms with E-state index in [1.54, 1.807) is 0 Å². The van der Waals surface area contributed by atoms with Crippen LogP contribution in [0.3, 0.4) is 0 Å². The molecule has 17 heavy (non-hydrogen) atoms. The van der Waals surface area contributed by atoms with Gasteiger partial charge in [0.25, 0.3) is 0 Å². The average molecular weight is 239 g/mol. The van der Waals surface area contributed by atoms with Crippen LogP contribution in [-0.2, 0) is 4.79 Å². The number of hydrogen-bond acceptors (Lipinski definition) is 3. The Hall–Kier alpha value is -0.610. The molecular weight excluding hydrogens is 214 g/mol. The van der Waals surface area contributed by atoms with Gasteiger partial charge in [0, 0.05) is 38.8 Å². The Morgan fingerprint density at radius 1 is 1.24 bits per heavy atom. The number of nitrogens with one attached hydrogen (secondary N) is 1. The molecule has 0 unspecified atom stereocenters. The van der Waals surface area contributed by atoms with E-state index >= 15 is 0 Å². The minimum atomic E-state index is 0.325. The molecular formula is C13H25N3O. The normalized spacial score (nSPS) is 28.4.